The van der Waals surface area contributed by atoms with E-state index in [1.807, 2.05) is 48.8 Å². The van der Waals surface area contributed by atoms with E-state index in [1.54, 1.807) is 12.4 Å². The number of hydrogen-bond donors (Lipinski definition) is 0. The Kier molecular flexibility index (Phi) is 9.63. The lowest BCUT2D eigenvalue weighted by Gasteiger charge is -2.31. The van der Waals surface area contributed by atoms with Gasteiger partial charge in [0.05, 0.1) is 60.8 Å². The number of ether oxygens (including phenoxy) is 2. The zero-order valence-corrected chi connectivity index (χ0v) is 25.0. The molecule has 4 heterocycles. The largest absolute Gasteiger partial charge is 0.376 e. The van der Waals surface area contributed by atoms with Crippen LogP contribution in [0.4, 0.5) is 22.7 Å². The highest BCUT2D eigenvalue weighted by Gasteiger charge is 2.20. The Balaban J connectivity index is 0.000000165. The van der Waals surface area contributed by atoms with Crippen molar-refractivity contribution in [1.29, 1.82) is 5.26 Å². The van der Waals surface area contributed by atoms with Gasteiger partial charge in [0.1, 0.15) is 0 Å². The molecule has 0 spiro atoms. The number of hydrogen-bond acceptors (Lipinski definition) is 7. The maximum atomic E-state index is 9.11. The average molecular weight is 613 g/mol. The summed E-state index contributed by atoms with van der Waals surface area (Å²) in [5.41, 5.74) is 7.66. The van der Waals surface area contributed by atoms with Crippen molar-refractivity contribution in [2.45, 2.75) is 38.9 Å². The maximum Gasteiger partial charge on any atom is 0.0991 e. The van der Waals surface area contributed by atoms with Crippen LogP contribution in [0.2, 0.25) is 0 Å². The van der Waals surface area contributed by atoms with Gasteiger partial charge < -0.3 is 19.3 Å². The van der Waals surface area contributed by atoms with Gasteiger partial charge in [-0.15, -0.1) is 0 Å². The summed E-state index contributed by atoms with van der Waals surface area (Å²) in [6.07, 6.45) is 9.46. The molecule has 2 atom stereocenters. The molecule has 0 amide bonds. The van der Waals surface area contributed by atoms with Gasteiger partial charge >= 0.3 is 0 Å². The Hall–Kier alpha value is -3.77. The molecule has 6 rings (SSSR count). The number of nitriles is 1. The third-order valence-corrected chi connectivity index (χ3v) is 7.69. The molecule has 0 saturated heterocycles. The van der Waals surface area contributed by atoms with Gasteiger partial charge in [0.15, 0.2) is 0 Å². The number of pyridine rings is 2. The number of nitrogens with zero attached hydrogens (tertiary/aromatic N) is 5. The fourth-order valence-electron chi connectivity index (χ4n) is 5.29. The van der Waals surface area contributed by atoms with Gasteiger partial charge in [0.2, 0.25) is 0 Å². The van der Waals surface area contributed by atoms with Crippen LogP contribution in [-0.2, 0) is 22.3 Å². The lowest BCUT2D eigenvalue weighted by atomic mass is 10.0. The van der Waals surface area contributed by atoms with Crippen LogP contribution in [0.5, 0.6) is 0 Å². The summed E-state index contributed by atoms with van der Waals surface area (Å²) in [6.45, 7) is 7.22. The molecule has 7 nitrogen and oxygen atoms in total. The van der Waals surface area contributed by atoms with Crippen LogP contribution in [0.25, 0.3) is 0 Å². The van der Waals surface area contributed by atoms with E-state index in [4.69, 9.17) is 14.7 Å². The summed E-state index contributed by atoms with van der Waals surface area (Å²) >= 11 is 3.56. The zero-order chi connectivity index (χ0) is 28.6. The summed E-state index contributed by atoms with van der Waals surface area (Å²) in [5.74, 6) is 0. The van der Waals surface area contributed by atoms with E-state index in [-0.39, 0.29) is 12.2 Å². The minimum atomic E-state index is 0.161. The molecule has 210 valence electrons. The summed E-state index contributed by atoms with van der Waals surface area (Å²) in [7, 11) is 0. The van der Waals surface area contributed by atoms with E-state index in [9.17, 15) is 0 Å². The van der Waals surface area contributed by atoms with Crippen molar-refractivity contribution in [1.82, 2.24) is 9.97 Å². The number of benzene rings is 2. The smallest absolute Gasteiger partial charge is 0.0991 e. The SMILES string of the molecule is CC1Cc2cc(Br)ccc2N(c2cccnc2)CCO1.CC1Cc2cc(C#N)ccc2N(c2cccnc2)CCO1. The zero-order valence-electron chi connectivity index (χ0n) is 23.4. The van der Waals surface area contributed by atoms with Gasteiger partial charge in [-0.3, -0.25) is 9.97 Å². The van der Waals surface area contributed by atoms with E-state index in [2.05, 4.69) is 79.9 Å². The van der Waals surface area contributed by atoms with E-state index in [0.29, 0.717) is 12.2 Å². The lowest BCUT2D eigenvalue weighted by molar-refractivity contribution is 0.0701. The van der Waals surface area contributed by atoms with Crippen molar-refractivity contribution in [3.8, 4) is 6.07 Å². The van der Waals surface area contributed by atoms with Crippen LogP contribution in [0, 0.1) is 11.3 Å². The minimum absolute atomic E-state index is 0.161. The van der Waals surface area contributed by atoms with Gasteiger partial charge in [-0.25, -0.2) is 0 Å². The Morgan fingerprint density at radius 3 is 1.83 bits per heavy atom. The quantitative estimate of drug-likeness (QED) is 0.242. The first kappa shape index (κ1) is 28.7. The number of halogens is 1. The first-order valence-electron chi connectivity index (χ1n) is 13.9. The Bertz CT molecular complexity index is 1480. The molecule has 2 aliphatic heterocycles. The predicted octanol–water partition coefficient (Wildman–Crippen LogP) is 7.00. The highest BCUT2D eigenvalue weighted by atomic mass is 79.9. The Labute approximate surface area is 250 Å². The molecule has 2 aromatic heterocycles. The molecular formula is C33H34BrN5O2. The van der Waals surface area contributed by atoms with Crippen LogP contribution in [0.3, 0.4) is 0 Å². The van der Waals surface area contributed by atoms with Crippen LogP contribution in [0.1, 0.15) is 30.5 Å². The third kappa shape index (κ3) is 7.31. The van der Waals surface area contributed by atoms with E-state index in [1.165, 1.54) is 11.3 Å². The molecule has 41 heavy (non-hydrogen) atoms. The first-order chi connectivity index (χ1) is 20.0. The highest BCUT2D eigenvalue weighted by molar-refractivity contribution is 9.10. The van der Waals surface area contributed by atoms with Crippen molar-refractivity contribution in [2.24, 2.45) is 0 Å². The second-order valence-corrected chi connectivity index (χ2v) is 11.1. The van der Waals surface area contributed by atoms with Crippen LogP contribution in [-0.4, -0.2) is 48.5 Å². The van der Waals surface area contributed by atoms with Crippen LogP contribution >= 0.6 is 15.9 Å². The highest BCUT2D eigenvalue weighted by Crippen LogP contribution is 2.33. The molecule has 0 aliphatic carbocycles. The molecule has 0 radical (unpaired) electrons. The van der Waals surface area contributed by atoms with Crippen LogP contribution < -0.4 is 9.80 Å². The third-order valence-electron chi connectivity index (χ3n) is 7.20. The van der Waals surface area contributed by atoms with E-state index >= 15 is 0 Å². The number of aromatic nitrogens is 2. The normalized spacial score (nSPS) is 18.7. The van der Waals surface area contributed by atoms with Gasteiger partial charge in [0, 0.05) is 54.2 Å². The fourth-order valence-corrected chi connectivity index (χ4v) is 5.70. The average Bonchev–Trinajstić information content (AvgIpc) is 2.98. The van der Waals surface area contributed by atoms with Crippen molar-refractivity contribution in [2.75, 3.05) is 36.1 Å². The second-order valence-electron chi connectivity index (χ2n) is 10.2. The first-order valence-corrected chi connectivity index (χ1v) is 14.7. The summed E-state index contributed by atoms with van der Waals surface area (Å²) in [4.78, 5) is 12.9. The number of fused-ring (bicyclic) bond motifs is 2. The standard InChI is InChI=1S/C17H17N3O.C16H17BrN2O/c1-13-9-15-10-14(11-18)4-5-17(15)20(7-8-21-13)16-3-2-6-19-12-16;1-12-9-13-10-14(17)4-5-16(13)19(7-8-20-12)15-3-2-6-18-11-15/h2-6,10,12-13H,7-9H2,1H3;2-6,10-12H,7-9H2,1H3. The molecule has 2 aliphatic rings. The molecular weight excluding hydrogens is 578 g/mol. The molecule has 2 unspecified atom stereocenters. The van der Waals surface area contributed by atoms with Gasteiger partial charge in [-0.05, 0) is 85.6 Å². The van der Waals surface area contributed by atoms with E-state index in [0.717, 1.165) is 59.6 Å². The Morgan fingerprint density at radius 2 is 1.32 bits per heavy atom. The van der Waals surface area contributed by atoms with Gasteiger partial charge in [-0.2, -0.15) is 5.26 Å². The van der Waals surface area contributed by atoms with Crippen molar-refractivity contribution in [3.05, 3.63) is 107 Å². The molecule has 4 aromatic rings. The van der Waals surface area contributed by atoms with Crippen molar-refractivity contribution < 1.29 is 9.47 Å². The summed E-state index contributed by atoms with van der Waals surface area (Å²) in [5, 5.41) is 9.11. The van der Waals surface area contributed by atoms with E-state index < -0.39 is 0 Å². The number of rotatable bonds is 2. The molecule has 0 bridgehead atoms. The predicted molar refractivity (Wildman–Crippen MR) is 166 cm³/mol. The summed E-state index contributed by atoms with van der Waals surface area (Å²) in [6, 6.07) is 22.5. The summed E-state index contributed by atoms with van der Waals surface area (Å²) < 4.78 is 12.8. The van der Waals surface area contributed by atoms with Crippen molar-refractivity contribution in [3.63, 3.8) is 0 Å². The molecule has 8 heteroatoms. The van der Waals surface area contributed by atoms with Crippen LogP contribution in [0.15, 0.2) is 89.9 Å². The molecule has 2 aromatic carbocycles. The van der Waals surface area contributed by atoms with Crippen molar-refractivity contribution >= 4 is 38.7 Å². The minimum Gasteiger partial charge on any atom is -0.376 e. The monoisotopic (exact) mass is 611 g/mol. The topological polar surface area (TPSA) is 74.5 Å². The molecule has 0 N–H and O–H groups in total. The second kappa shape index (κ2) is 13.7. The van der Waals surface area contributed by atoms with Gasteiger partial charge in [0.25, 0.3) is 0 Å². The molecule has 0 fully saturated rings. The molecule has 0 saturated carbocycles. The Morgan fingerprint density at radius 1 is 0.780 bits per heavy atom. The number of anilines is 4. The fraction of sp³-hybridized carbons (Fsp3) is 0.303. The maximum absolute atomic E-state index is 9.11. The van der Waals surface area contributed by atoms with Gasteiger partial charge in [-0.1, -0.05) is 15.9 Å². The lowest BCUT2D eigenvalue weighted by Crippen LogP contribution is -2.29.